The molecule has 0 fully saturated rings. The van der Waals surface area contributed by atoms with E-state index >= 15 is 0 Å². The maximum atomic E-state index is 9.09. The Hall–Kier alpha value is -1.10. The molecule has 14 heavy (non-hydrogen) atoms. The minimum absolute atomic E-state index is 0.437. The van der Waals surface area contributed by atoms with Crippen molar-refractivity contribution < 1.29 is 10.0 Å². The van der Waals surface area contributed by atoms with E-state index in [4.69, 9.17) is 21.6 Å². The molecule has 0 unspecified atom stereocenters. The number of benzene rings is 1. The van der Waals surface area contributed by atoms with Gasteiger partial charge in [-0.25, -0.2) is 0 Å². The number of nitrogens with zero attached hydrogens (tertiary/aromatic N) is 1. The molecule has 0 saturated carbocycles. The molecule has 0 radical (unpaired) electrons. The fourth-order valence-electron chi connectivity index (χ4n) is 1.37. The van der Waals surface area contributed by atoms with E-state index in [1.165, 1.54) is 6.20 Å². The molecule has 0 atom stereocenters. The third kappa shape index (κ3) is 1.59. The van der Waals surface area contributed by atoms with Gasteiger partial charge in [0.1, 0.15) is 0 Å². The molecule has 2 N–H and O–H groups in total. The van der Waals surface area contributed by atoms with Crippen LogP contribution in [0.1, 0.15) is 0 Å². The molecule has 0 bridgehead atoms. The van der Waals surface area contributed by atoms with Gasteiger partial charge in [0.25, 0.3) is 0 Å². The van der Waals surface area contributed by atoms with Crippen molar-refractivity contribution >= 4 is 35.1 Å². The Labute approximate surface area is 86.1 Å². The third-order valence-corrected chi connectivity index (χ3v) is 2.25. The maximum Gasteiger partial charge on any atom is 0.489 e. The molecule has 3 nitrogen and oxygen atoms in total. The highest BCUT2D eigenvalue weighted by atomic mass is 35.5. The minimum Gasteiger partial charge on any atom is -0.423 e. The first-order chi connectivity index (χ1) is 6.68. The molecule has 0 aliphatic carbocycles. The van der Waals surface area contributed by atoms with E-state index in [1.54, 1.807) is 24.3 Å². The summed E-state index contributed by atoms with van der Waals surface area (Å²) in [4.78, 5) is 4.08. The number of hydrogen-bond donors (Lipinski definition) is 2. The summed E-state index contributed by atoms with van der Waals surface area (Å²) in [5, 5.41) is 19.5. The number of fused-ring (bicyclic) bond motifs is 1. The van der Waals surface area contributed by atoms with Crippen molar-refractivity contribution in [3.8, 4) is 0 Å². The summed E-state index contributed by atoms with van der Waals surface area (Å²) >= 11 is 5.79. The van der Waals surface area contributed by atoms with E-state index in [0.29, 0.717) is 21.4 Å². The molecule has 1 aromatic carbocycles. The number of aromatic nitrogens is 1. The molecule has 0 aliphatic rings. The Kier molecular flexibility index (Phi) is 2.41. The summed E-state index contributed by atoms with van der Waals surface area (Å²) in [5.41, 5.74) is 1.09. The van der Waals surface area contributed by atoms with Gasteiger partial charge in [-0.1, -0.05) is 17.7 Å². The normalized spacial score (nSPS) is 10.5. The van der Waals surface area contributed by atoms with E-state index in [2.05, 4.69) is 4.98 Å². The number of rotatable bonds is 1. The van der Waals surface area contributed by atoms with E-state index in [0.717, 1.165) is 0 Å². The third-order valence-electron chi connectivity index (χ3n) is 2.02. The van der Waals surface area contributed by atoms with Crippen LogP contribution in [-0.4, -0.2) is 22.2 Å². The molecule has 0 saturated heterocycles. The highest BCUT2D eigenvalue weighted by Gasteiger charge is 2.14. The van der Waals surface area contributed by atoms with Crippen LogP contribution in [0, 0.1) is 0 Å². The molecule has 70 valence electrons. The van der Waals surface area contributed by atoms with Crippen LogP contribution in [0.4, 0.5) is 0 Å². The van der Waals surface area contributed by atoms with E-state index in [9.17, 15) is 0 Å². The first kappa shape index (κ1) is 9.46. The number of pyridine rings is 1. The first-order valence-corrected chi connectivity index (χ1v) is 4.46. The van der Waals surface area contributed by atoms with Crippen LogP contribution in [0.15, 0.2) is 30.5 Å². The number of hydrogen-bond acceptors (Lipinski definition) is 3. The van der Waals surface area contributed by atoms with Crippen molar-refractivity contribution in [2.75, 3.05) is 0 Å². The van der Waals surface area contributed by atoms with Crippen LogP contribution in [0.2, 0.25) is 5.02 Å². The summed E-state index contributed by atoms with van der Waals surface area (Å²) in [6, 6.07) is 6.67. The quantitative estimate of drug-likeness (QED) is 0.672. The fourth-order valence-corrected chi connectivity index (χ4v) is 1.53. The smallest absolute Gasteiger partial charge is 0.423 e. The predicted octanol–water partition coefficient (Wildman–Crippen LogP) is 0.568. The Bertz CT molecular complexity index is 475. The lowest BCUT2D eigenvalue weighted by Crippen LogP contribution is -2.30. The van der Waals surface area contributed by atoms with Gasteiger partial charge >= 0.3 is 7.12 Å². The Morgan fingerprint density at radius 1 is 1.21 bits per heavy atom. The highest BCUT2D eigenvalue weighted by molar-refractivity contribution is 6.61. The Balaban J connectivity index is 2.75. The lowest BCUT2D eigenvalue weighted by atomic mass is 9.78. The molecular formula is C9H7BClNO2. The van der Waals surface area contributed by atoms with Crippen LogP contribution in [-0.2, 0) is 0 Å². The lowest BCUT2D eigenvalue weighted by Gasteiger charge is -2.04. The maximum absolute atomic E-state index is 9.09. The van der Waals surface area contributed by atoms with Crippen molar-refractivity contribution in [2.24, 2.45) is 0 Å². The zero-order valence-electron chi connectivity index (χ0n) is 7.18. The second kappa shape index (κ2) is 3.57. The van der Waals surface area contributed by atoms with Crippen molar-refractivity contribution in [1.82, 2.24) is 4.98 Å². The second-order valence-electron chi connectivity index (χ2n) is 2.94. The summed E-state index contributed by atoms with van der Waals surface area (Å²) in [6.45, 7) is 0. The van der Waals surface area contributed by atoms with Crippen molar-refractivity contribution in [3.05, 3.63) is 35.5 Å². The molecular weight excluding hydrogens is 200 g/mol. The van der Waals surface area contributed by atoms with E-state index in [1.807, 2.05) is 0 Å². The average Bonchev–Trinajstić information content (AvgIpc) is 2.16. The Morgan fingerprint density at radius 2 is 2.00 bits per heavy atom. The van der Waals surface area contributed by atoms with Gasteiger partial charge in [0.15, 0.2) is 0 Å². The zero-order valence-corrected chi connectivity index (χ0v) is 7.94. The summed E-state index contributed by atoms with van der Waals surface area (Å²) in [7, 11) is -1.48. The van der Waals surface area contributed by atoms with Crippen molar-refractivity contribution in [1.29, 1.82) is 0 Å². The van der Waals surface area contributed by atoms with Gasteiger partial charge in [-0.2, -0.15) is 0 Å². The zero-order chi connectivity index (χ0) is 10.1. The molecule has 1 heterocycles. The van der Waals surface area contributed by atoms with Crippen molar-refractivity contribution in [2.45, 2.75) is 0 Å². The summed E-state index contributed by atoms with van der Waals surface area (Å²) in [5.74, 6) is 0. The van der Waals surface area contributed by atoms with Gasteiger partial charge in [-0.3, -0.25) is 4.98 Å². The van der Waals surface area contributed by atoms with Gasteiger partial charge in [0, 0.05) is 16.6 Å². The monoisotopic (exact) mass is 207 g/mol. The highest BCUT2D eigenvalue weighted by Crippen LogP contribution is 2.15. The molecule has 0 spiro atoms. The SMILES string of the molecule is OB(O)c1ccnc2cc(Cl)ccc12. The molecule has 5 heteroatoms. The average molecular weight is 207 g/mol. The number of halogens is 1. The van der Waals surface area contributed by atoms with E-state index in [-0.39, 0.29) is 0 Å². The van der Waals surface area contributed by atoms with Gasteiger partial charge < -0.3 is 10.0 Å². The van der Waals surface area contributed by atoms with Gasteiger partial charge in [0.05, 0.1) is 5.52 Å². The van der Waals surface area contributed by atoms with Crippen LogP contribution in [0.25, 0.3) is 10.9 Å². The van der Waals surface area contributed by atoms with Crippen LogP contribution < -0.4 is 5.46 Å². The standard InChI is InChI=1S/C9H7BClNO2/c11-6-1-2-7-8(10(13)14)3-4-12-9(7)5-6/h1-5,13-14H. The molecule has 1 aromatic heterocycles. The summed E-state index contributed by atoms with van der Waals surface area (Å²) < 4.78 is 0. The lowest BCUT2D eigenvalue weighted by molar-refractivity contribution is 0.426. The van der Waals surface area contributed by atoms with E-state index < -0.39 is 7.12 Å². The predicted molar refractivity (Wildman–Crippen MR) is 56.6 cm³/mol. The van der Waals surface area contributed by atoms with Gasteiger partial charge in [-0.05, 0) is 23.7 Å². The van der Waals surface area contributed by atoms with Crippen LogP contribution in [0.3, 0.4) is 0 Å². The largest absolute Gasteiger partial charge is 0.489 e. The summed E-state index contributed by atoms with van der Waals surface area (Å²) in [6.07, 6.45) is 1.52. The second-order valence-corrected chi connectivity index (χ2v) is 3.37. The fraction of sp³-hybridized carbons (Fsp3) is 0. The topological polar surface area (TPSA) is 53.4 Å². The van der Waals surface area contributed by atoms with Crippen LogP contribution in [0.5, 0.6) is 0 Å². The first-order valence-electron chi connectivity index (χ1n) is 4.09. The van der Waals surface area contributed by atoms with Crippen LogP contribution >= 0.6 is 11.6 Å². The molecule has 2 rings (SSSR count). The van der Waals surface area contributed by atoms with Crippen molar-refractivity contribution in [3.63, 3.8) is 0 Å². The molecule has 0 amide bonds. The van der Waals surface area contributed by atoms with Gasteiger partial charge in [-0.15, -0.1) is 0 Å². The minimum atomic E-state index is -1.48. The Morgan fingerprint density at radius 3 is 2.71 bits per heavy atom. The van der Waals surface area contributed by atoms with Gasteiger partial charge in [0.2, 0.25) is 0 Å². The molecule has 0 aliphatic heterocycles. The molecule has 2 aromatic rings.